The van der Waals surface area contributed by atoms with E-state index in [-0.39, 0.29) is 34.6 Å². The van der Waals surface area contributed by atoms with Crippen molar-refractivity contribution in [2.75, 3.05) is 44.5 Å². The number of hydrogen-bond donors (Lipinski definition) is 1. The third kappa shape index (κ3) is 4.40. The normalized spacial score (nSPS) is 19.6. The van der Waals surface area contributed by atoms with E-state index >= 15 is 0 Å². The van der Waals surface area contributed by atoms with E-state index in [2.05, 4.69) is 11.4 Å². The number of anilines is 1. The lowest BCUT2D eigenvalue weighted by Crippen LogP contribution is -2.47. The van der Waals surface area contributed by atoms with Gasteiger partial charge >= 0.3 is 0 Å². The van der Waals surface area contributed by atoms with Gasteiger partial charge in [0, 0.05) is 50.2 Å². The molecule has 0 bridgehead atoms. The van der Waals surface area contributed by atoms with Crippen LogP contribution in [0.2, 0.25) is 0 Å². The molecule has 3 aliphatic rings. The van der Waals surface area contributed by atoms with Gasteiger partial charge in [0.05, 0.1) is 4.92 Å². The van der Waals surface area contributed by atoms with Gasteiger partial charge in [-0.05, 0) is 49.4 Å². The summed E-state index contributed by atoms with van der Waals surface area (Å²) in [4.78, 5) is 26.1. The first-order valence-electron chi connectivity index (χ1n) is 11.8. The van der Waals surface area contributed by atoms with Gasteiger partial charge in [0.25, 0.3) is 5.69 Å². The fraction of sp³-hybridized carbons (Fsp3) is 0.480. The molecular formula is C25H29N3O6. The summed E-state index contributed by atoms with van der Waals surface area (Å²) in [5.74, 6) is 1.44. The number of hydrogen-bond acceptors (Lipinski definition) is 7. The molecule has 5 rings (SSSR count). The number of ether oxygens (including phenoxy) is 3. The first kappa shape index (κ1) is 22.5. The number of nitrogens with one attached hydrogen (secondary N) is 1. The van der Waals surface area contributed by atoms with Crippen LogP contribution in [0.1, 0.15) is 31.2 Å². The van der Waals surface area contributed by atoms with Crippen LogP contribution < -0.4 is 19.7 Å². The average molecular weight is 468 g/mol. The van der Waals surface area contributed by atoms with Crippen LogP contribution in [0, 0.1) is 16.0 Å². The molecule has 9 nitrogen and oxygen atoms in total. The van der Waals surface area contributed by atoms with Gasteiger partial charge < -0.3 is 24.4 Å². The van der Waals surface area contributed by atoms with Crippen molar-refractivity contribution >= 4 is 17.3 Å². The van der Waals surface area contributed by atoms with Crippen molar-refractivity contribution in [2.24, 2.45) is 5.92 Å². The molecular weight excluding hydrogens is 438 g/mol. The van der Waals surface area contributed by atoms with Crippen molar-refractivity contribution in [1.29, 1.82) is 0 Å². The monoisotopic (exact) mass is 467 g/mol. The molecule has 2 saturated heterocycles. The number of rotatable bonds is 6. The van der Waals surface area contributed by atoms with Crippen LogP contribution >= 0.6 is 0 Å². The van der Waals surface area contributed by atoms with Gasteiger partial charge in [-0.1, -0.05) is 18.2 Å². The first-order valence-corrected chi connectivity index (χ1v) is 11.8. The van der Waals surface area contributed by atoms with E-state index in [0.29, 0.717) is 51.4 Å². The second kappa shape index (κ2) is 9.50. The zero-order valence-corrected chi connectivity index (χ0v) is 19.0. The van der Waals surface area contributed by atoms with Gasteiger partial charge in [0.15, 0.2) is 11.5 Å². The second-order valence-corrected chi connectivity index (χ2v) is 9.19. The number of nitrogens with zero attached hydrogens (tertiary/aromatic N) is 2. The Bertz CT molecular complexity index is 1060. The predicted molar refractivity (Wildman–Crippen MR) is 125 cm³/mol. The Labute approximate surface area is 198 Å². The number of benzene rings is 2. The zero-order chi connectivity index (χ0) is 23.5. The van der Waals surface area contributed by atoms with E-state index in [4.69, 9.17) is 14.2 Å². The number of fused-ring (bicyclic) bond motifs is 1. The molecule has 1 N–H and O–H groups in total. The summed E-state index contributed by atoms with van der Waals surface area (Å²) in [5, 5.41) is 14.6. The van der Waals surface area contributed by atoms with Crippen LogP contribution in [0.3, 0.4) is 0 Å². The molecule has 0 aliphatic carbocycles. The van der Waals surface area contributed by atoms with Crippen molar-refractivity contribution in [3.8, 4) is 11.5 Å². The molecule has 3 heterocycles. The largest absolute Gasteiger partial charge is 0.454 e. The summed E-state index contributed by atoms with van der Waals surface area (Å²) in [6.45, 7) is 3.31. The molecule has 9 heteroatoms. The van der Waals surface area contributed by atoms with E-state index in [1.165, 1.54) is 6.07 Å². The lowest BCUT2D eigenvalue weighted by atomic mass is 9.74. The van der Waals surface area contributed by atoms with Gasteiger partial charge in [0.1, 0.15) is 5.69 Å². The Kier molecular flexibility index (Phi) is 6.28. The molecule has 0 aromatic heterocycles. The lowest BCUT2D eigenvalue weighted by Gasteiger charge is -2.39. The number of carbonyl (C=O) groups excluding carboxylic acids is 1. The van der Waals surface area contributed by atoms with Crippen LogP contribution in [0.15, 0.2) is 42.5 Å². The summed E-state index contributed by atoms with van der Waals surface area (Å²) < 4.78 is 16.7. The molecule has 34 heavy (non-hydrogen) atoms. The van der Waals surface area contributed by atoms with E-state index < -0.39 is 0 Å². The van der Waals surface area contributed by atoms with Crippen molar-refractivity contribution in [3.05, 3.63) is 58.1 Å². The molecule has 0 saturated carbocycles. The number of carbonyl (C=O) groups is 1. The smallest absolute Gasteiger partial charge is 0.292 e. The Morgan fingerprint density at radius 3 is 2.59 bits per heavy atom. The Morgan fingerprint density at radius 1 is 1.09 bits per heavy atom. The first-order chi connectivity index (χ1) is 16.6. The minimum atomic E-state index is -0.350. The molecule has 2 aromatic rings. The minimum Gasteiger partial charge on any atom is -0.454 e. The number of para-hydroxylation sites is 2. The number of amides is 1. The molecule has 0 radical (unpaired) electrons. The Balaban J connectivity index is 1.23. The molecule has 0 unspecified atom stereocenters. The molecule has 3 aliphatic heterocycles. The highest BCUT2D eigenvalue weighted by Gasteiger charge is 2.37. The molecule has 2 aromatic carbocycles. The maximum atomic E-state index is 13.1. The van der Waals surface area contributed by atoms with E-state index in [0.717, 1.165) is 29.9 Å². The van der Waals surface area contributed by atoms with Gasteiger partial charge in [0.2, 0.25) is 12.7 Å². The van der Waals surface area contributed by atoms with Gasteiger partial charge in [-0.3, -0.25) is 14.9 Å². The third-order valence-electron chi connectivity index (χ3n) is 7.32. The van der Waals surface area contributed by atoms with Gasteiger partial charge in [-0.25, -0.2) is 0 Å². The van der Waals surface area contributed by atoms with Crippen LogP contribution in [0.5, 0.6) is 11.5 Å². The standard InChI is InChI=1S/C25H29N3O6/c29-24(18-7-11-27(12-8-18)20-3-1-2-4-21(20)28(30)31)26-16-25(9-13-32-14-10-25)19-5-6-22-23(15-19)34-17-33-22/h1-6,15,18H,7-14,16-17H2,(H,26,29). The highest BCUT2D eigenvalue weighted by Crippen LogP contribution is 2.40. The van der Waals surface area contributed by atoms with Crippen molar-refractivity contribution in [1.82, 2.24) is 5.32 Å². The quantitative estimate of drug-likeness (QED) is 0.513. The third-order valence-corrected chi connectivity index (χ3v) is 7.32. The van der Waals surface area contributed by atoms with Crippen LogP contribution in [-0.4, -0.2) is 50.5 Å². The summed E-state index contributed by atoms with van der Waals surface area (Å²) in [5.41, 5.74) is 1.65. The number of nitro benzene ring substituents is 1. The second-order valence-electron chi connectivity index (χ2n) is 9.19. The van der Waals surface area contributed by atoms with Crippen LogP contribution in [0.25, 0.3) is 0 Å². The predicted octanol–water partition coefficient (Wildman–Crippen LogP) is 3.40. The van der Waals surface area contributed by atoms with Gasteiger partial charge in [-0.15, -0.1) is 0 Å². The maximum absolute atomic E-state index is 13.1. The SMILES string of the molecule is O=C(NCC1(c2ccc3c(c2)OCO3)CCOCC1)C1CCN(c2ccccc2[N+](=O)[O-])CC1. The Morgan fingerprint density at radius 2 is 1.82 bits per heavy atom. The van der Waals surface area contributed by atoms with Crippen LogP contribution in [-0.2, 0) is 14.9 Å². The summed E-state index contributed by atoms with van der Waals surface area (Å²) >= 11 is 0. The highest BCUT2D eigenvalue weighted by atomic mass is 16.7. The number of nitro groups is 1. The molecule has 0 spiro atoms. The highest BCUT2D eigenvalue weighted by molar-refractivity contribution is 5.79. The maximum Gasteiger partial charge on any atom is 0.292 e. The average Bonchev–Trinajstić information content (AvgIpc) is 3.36. The molecule has 2 fully saturated rings. The molecule has 1 amide bonds. The van der Waals surface area contributed by atoms with Gasteiger partial charge in [-0.2, -0.15) is 0 Å². The van der Waals surface area contributed by atoms with Crippen molar-refractivity contribution < 1.29 is 23.9 Å². The fourth-order valence-electron chi connectivity index (χ4n) is 5.23. The number of piperidine rings is 1. The molecule has 180 valence electrons. The van der Waals surface area contributed by atoms with Crippen molar-refractivity contribution in [3.63, 3.8) is 0 Å². The lowest BCUT2D eigenvalue weighted by molar-refractivity contribution is -0.384. The summed E-state index contributed by atoms with van der Waals surface area (Å²) in [7, 11) is 0. The molecule has 0 atom stereocenters. The van der Waals surface area contributed by atoms with E-state index in [1.807, 2.05) is 23.1 Å². The van der Waals surface area contributed by atoms with E-state index in [1.54, 1.807) is 12.1 Å². The zero-order valence-electron chi connectivity index (χ0n) is 19.0. The minimum absolute atomic E-state index is 0.0498. The summed E-state index contributed by atoms with van der Waals surface area (Å²) in [6.07, 6.45) is 2.97. The van der Waals surface area contributed by atoms with Crippen LogP contribution in [0.4, 0.5) is 11.4 Å². The summed E-state index contributed by atoms with van der Waals surface area (Å²) in [6, 6.07) is 12.8. The van der Waals surface area contributed by atoms with E-state index in [9.17, 15) is 14.9 Å². The topological polar surface area (TPSA) is 103 Å². The van der Waals surface area contributed by atoms with Crippen molar-refractivity contribution in [2.45, 2.75) is 31.1 Å². The Hall–Kier alpha value is -3.33. The fourth-order valence-corrected chi connectivity index (χ4v) is 5.23.